The number of azo groups is 1. The van der Waals surface area contributed by atoms with E-state index in [4.69, 9.17) is 16.0 Å². The number of benzene rings is 2. The molecule has 3 aromatic rings. The minimum atomic E-state index is -0.509. The number of phenols is 1. The second-order valence-corrected chi connectivity index (χ2v) is 5.12. The standard InChI is InChI=1S/C16H11ClN2O3/c1-9-8-14(21)22-16-10(9)6-7-13(20)15(16)19-18-12-5-3-2-4-11(12)17/h2-8,20H,1H3. The van der Waals surface area contributed by atoms with Gasteiger partial charge in [-0.05, 0) is 36.8 Å². The van der Waals surface area contributed by atoms with Gasteiger partial charge in [0.15, 0.2) is 11.3 Å². The quantitative estimate of drug-likeness (QED) is 0.541. The summed E-state index contributed by atoms with van der Waals surface area (Å²) in [7, 11) is 0. The highest BCUT2D eigenvalue weighted by atomic mass is 35.5. The first kappa shape index (κ1) is 14.3. The molecule has 0 saturated carbocycles. The van der Waals surface area contributed by atoms with Crippen LogP contribution < -0.4 is 5.63 Å². The summed E-state index contributed by atoms with van der Waals surface area (Å²) >= 11 is 6.01. The van der Waals surface area contributed by atoms with E-state index in [9.17, 15) is 9.90 Å². The van der Waals surface area contributed by atoms with Crippen LogP contribution in [0.15, 0.2) is 61.9 Å². The lowest BCUT2D eigenvalue weighted by atomic mass is 10.1. The molecule has 5 nitrogen and oxygen atoms in total. The van der Waals surface area contributed by atoms with Gasteiger partial charge < -0.3 is 9.52 Å². The summed E-state index contributed by atoms with van der Waals surface area (Å²) in [5.74, 6) is -0.128. The van der Waals surface area contributed by atoms with Crippen LogP contribution in [0, 0.1) is 6.92 Å². The van der Waals surface area contributed by atoms with Crippen molar-refractivity contribution in [2.24, 2.45) is 10.2 Å². The number of halogens is 1. The zero-order chi connectivity index (χ0) is 15.7. The molecule has 1 heterocycles. The fraction of sp³-hybridized carbons (Fsp3) is 0.0625. The second kappa shape index (κ2) is 5.61. The number of phenolic OH excluding ortho intramolecular Hbond substituents is 1. The van der Waals surface area contributed by atoms with Crippen LogP contribution in [0.5, 0.6) is 5.75 Å². The average Bonchev–Trinajstić information content (AvgIpc) is 2.47. The minimum Gasteiger partial charge on any atom is -0.505 e. The Morgan fingerprint density at radius 1 is 1.14 bits per heavy atom. The molecule has 2 aromatic carbocycles. The molecule has 1 aromatic heterocycles. The van der Waals surface area contributed by atoms with Crippen LogP contribution in [0.3, 0.4) is 0 Å². The maximum atomic E-state index is 11.6. The van der Waals surface area contributed by atoms with Crippen molar-refractivity contribution in [2.45, 2.75) is 6.92 Å². The molecule has 0 fully saturated rings. The highest BCUT2D eigenvalue weighted by Crippen LogP contribution is 2.37. The third-order valence-electron chi connectivity index (χ3n) is 3.18. The van der Waals surface area contributed by atoms with Gasteiger partial charge in [-0.3, -0.25) is 0 Å². The van der Waals surface area contributed by atoms with Gasteiger partial charge in [0.05, 0.1) is 5.02 Å². The zero-order valence-corrected chi connectivity index (χ0v) is 12.3. The molecule has 0 radical (unpaired) electrons. The fourth-order valence-electron chi connectivity index (χ4n) is 2.09. The van der Waals surface area contributed by atoms with Crippen molar-refractivity contribution < 1.29 is 9.52 Å². The number of hydrogen-bond acceptors (Lipinski definition) is 5. The lowest BCUT2D eigenvalue weighted by molar-refractivity contribution is 0.474. The van der Waals surface area contributed by atoms with Gasteiger partial charge in [0.25, 0.3) is 0 Å². The third-order valence-corrected chi connectivity index (χ3v) is 3.50. The van der Waals surface area contributed by atoms with Gasteiger partial charge in [0.2, 0.25) is 0 Å². The van der Waals surface area contributed by atoms with E-state index >= 15 is 0 Å². The summed E-state index contributed by atoms with van der Waals surface area (Å²) in [6.45, 7) is 1.78. The lowest BCUT2D eigenvalue weighted by Crippen LogP contribution is -1.97. The van der Waals surface area contributed by atoms with Gasteiger partial charge in [0.1, 0.15) is 11.4 Å². The zero-order valence-electron chi connectivity index (χ0n) is 11.6. The molecule has 0 aliphatic carbocycles. The van der Waals surface area contributed by atoms with E-state index in [0.717, 1.165) is 5.56 Å². The Morgan fingerprint density at radius 3 is 2.68 bits per heavy atom. The Morgan fingerprint density at radius 2 is 1.91 bits per heavy atom. The van der Waals surface area contributed by atoms with E-state index in [1.54, 1.807) is 37.3 Å². The van der Waals surface area contributed by atoms with Gasteiger partial charge >= 0.3 is 5.63 Å². The Labute approximate surface area is 130 Å². The van der Waals surface area contributed by atoms with Crippen LogP contribution in [0.25, 0.3) is 11.0 Å². The van der Waals surface area contributed by atoms with Crippen LogP contribution in [-0.2, 0) is 0 Å². The van der Waals surface area contributed by atoms with Gasteiger partial charge in [0, 0.05) is 11.5 Å². The Kier molecular flexibility index (Phi) is 3.65. The van der Waals surface area contributed by atoms with Gasteiger partial charge in [-0.2, -0.15) is 0 Å². The average molecular weight is 315 g/mol. The Bertz CT molecular complexity index is 948. The van der Waals surface area contributed by atoms with Gasteiger partial charge in [-0.25, -0.2) is 4.79 Å². The van der Waals surface area contributed by atoms with Gasteiger partial charge in [-0.15, -0.1) is 10.2 Å². The molecule has 0 unspecified atom stereocenters. The van der Waals surface area contributed by atoms with Crippen LogP contribution in [-0.4, -0.2) is 5.11 Å². The monoisotopic (exact) mass is 314 g/mol. The molecule has 0 aliphatic rings. The van der Waals surface area contributed by atoms with Crippen molar-refractivity contribution in [3.8, 4) is 5.75 Å². The van der Waals surface area contributed by atoms with Crippen LogP contribution in [0.2, 0.25) is 5.02 Å². The molecule has 0 aliphatic heterocycles. The molecule has 0 spiro atoms. The maximum Gasteiger partial charge on any atom is 0.336 e. The molecule has 0 amide bonds. The number of aryl methyl sites for hydroxylation is 1. The van der Waals surface area contributed by atoms with Crippen molar-refractivity contribution in [3.63, 3.8) is 0 Å². The molecule has 1 N–H and O–H groups in total. The number of nitrogens with zero attached hydrogens (tertiary/aromatic N) is 2. The second-order valence-electron chi connectivity index (χ2n) is 4.71. The fourth-order valence-corrected chi connectivity index (χ4v) is 2.27. The van der Waals surface area contributed by atoms with Gasteiger partial charge in [-0.1, -0.05) is 23.7 Å². The summed E-state index contributed by atoms with van der Waals surface area (Å²) in [4.78, 5) is 11.6. The van der Waals surface area contributed by atoms with Crippen molar-refractivity contribution in [3.05, 3.63) is 63.5 Å². The number of fused-ring (bicyclic) bond motifs is 1. The third kappa shape index (κ3) is 2.58. The topological polar surface area (TPSA) is 75.2 Å². The van der Waals surface area contributed by atoms with Crippen LogP contribution >= 0.6 is 11.6 Å². The first-order valence-electron chi connectivity index (χ1n) is 6.49. The number of hydrogen-bond donors (Lipinski definition) is 1. The van der Waals surface area contributed by atoms with Crippen LogP contribution in [0.4, 0.5) is 11.4 Å². The van der Waals surface area contributed by atoms with Crippen molar-refractivity contribution in [2.75, 3.05) is 0 Å². The highest BCUT2D eigenvalue weighted by Gasteiger charge is 2.12. The SMILES string of the molecule is Cc1cc(=O)oc2c(N=Nc3ccccc3Cl)c(O)ccc12. The first-order valence-corrected chi connectivity index (χ1v) is 6.87. The minimum absolute atomic E-state index is 0.0956. The van der Waals surface area contributed by atoms with E-state index < -0.39 is 5.63 Å². The molecular weight excluding hydrogens is 304 g/mol. The van der Waals surface area contributed by atoms with E-state index in [2.05, 4.69) is 10.2 Å². The predicted molar refractivity (Wildman–Crippen MR) is 84.5 cm³/mol. The van der Waals surface area contributed by atoms with Crippen molar-refractivity contribution in [1.29, 1.82) is 0 Å². The molecule has 6 heteroatoms. The normalized spacial score (nSPS) is 11.4. The highest BCUT2D eigenvalue weighted by molar-refractivity contribution is 6.32. The lowest BCUT2D eigenvalue weighted by Gasteiger charge is -2.04. The van der Waals surface area contributed by atoms with Crippen LogP contribution in [0.1, 0.15) is 5.56 Å². The number of aromatic hydroxyl groups is 1. The van der Waals surface area contributed by atoms with Crippen molar-refractivity contribution in [1.82, 2.24) is 0 Å². The summed E-state index contributed by atoms with van der Waals surface area (Å²) in [5.41, 5.74) is 0.972. The molecule has 110 valence electrons. The molecule has 0 saturated heterocycles. The molecule has 3 rings (SSSR count). The maximum absolute atomic E-state index is 11.6. The molecule has 22 heavy (non-hydrogen) atoms. The Balaban J connectivity index is 2.20. The van der Waals surface area contributed by atoms with E-state index in [-0.39, 0.29) is 17.0 Å². The summed E-state index contributed by atoms with van der Waals surface area (Å²) < 4.78 is 5.17. The molecule has 0 atom stereocenters. The predicted octanol–water partition coefficient (Wildman–Crippen LogP) is 4.88. The largest absolute Gasteiger partial charge is 0.505 e. The van der Waals surface area contributed by atoms with E-state index in [1.807, 2.05) is 0 Å². The Hall–Kier alpha value is -2.66. The molecular formula is C16H11ClN2O3. The summed E-state index contributed by atoms with van der Waals surface area (Å²) in [6, 6.07) is 11.5. The van der Waals surface area contributed by atoms with E-state index in [1.165, 1.54) is 12.1 Å². The number of rotatable bonds is 2. The summed E-state index contributed by atoms with van der Waals surface area (Å²) in [6.07, 6.45) is 0. The van der Waals surface area contributed by atoms with E-state index in [0.29, 0.717) is 16.1 Å². The smallest absolute Gasteiger partial charge is 0.336 e. The first-order chi connectivity index (χ1) is 10.6. The molecule has 0 bridgehead atoms. The summed E-state index contributed by atoms with van der Waals surface area (Å²) in [5, 5.41) is 19.1. The van der Waals surface area contributed by atoms with Crippen molar-refractivity contribution >= 4 is 33.9 Å².